The van der Waals surface area contributed by atoms with Crippen molar-refractivity contribution in [1.82, 2.24) is 19.5 Å². The van der Waals surface area contributed by atoms with Crippen molar-refractivity contribution in [3.05, 3.63) is 47.5 Å². The van der Waals surface area contributed by atoms with E-state index >= 15 is 0 Å². The fourth-order valence-corrected chi connectivity index (χ4v) is 5.53. The number of anilines is 1. The number of rotatable bonds is 7. The van der Waals surface area contributed by atoms with E-state index in [4.69, 9.17) is 30.5 Å². The summed E-state index contributed by atoms with van der Waals surface area (Å²) in [6, 6.07) is 10.3. The van der Waals surface area contributed by atoms with Gasteiger partial charge < -0.3 is 23.8 Å². The summed E-state index contributed by atoms with van der Waals surface area (Å²) < 4.78 is 23.9. The summed E-state index contributed by atoms with van der Waals surface area (Å²) in [7, 11) is 0. The van der Waals surface area contributed by atoms with Gasteiger partial charge in [0.15, 0.2) is 35.4 Å². The summed E-state index contributed by atoms with van der Waals surface area (Å²) in [6.45, 7) is 5.01. The van der Waals surface area contributed by atoms with Crippen LogP contribution in [-0.4, -0.2) is 75.4 Å². The molecule has 2 fully saturated rings. The van der Waals surface area contributed by atoms with Gasteiger partial charge in [-0.25, -0.2) is 4.98 Å². The largest absolute Gasteiger partial charge is 0.463 e. The number of piperidine rings is 1. The Morgan fingerprint density at radius 2 is 1.75 bits per heavy atom. The maximum Gasteiger partial charge on any atom is 0.303 e. The Bertz CT molecular complexity index is 1400. The molecule has 0 amide bonds. The third-order valence-electron chi connectivity index (χ3n) is 6.98. The zero-order chi connectivity index (χ0) is 28.4. The van der Waals surface area contributed by atoms with E-state index in [1.54, 1.807) is 4.57 Å². The van der Waals surface area contributed by atoms with Gasteiger partial charge in [0.25, 0.3) is 0 Å². The topological polar surface area (TPSA) is 135 Å². The molecular formula is C27H30ClN5O7. The molecule has 2 aliphatic rings. The average Bonchev–Trinajstić information content (AvgIpc) is 3.48. The summed E-state index contributed by atoms with van der Waals surface area (Å²) in [5.74, 6) is -0.851. The lowest BCUT2D eigenvalue weighted by atomic mass is 9.91. The predicted molar refractivity (Wildman–Crippen MR) is 143 cm³/mol. The van der Waals surface area contributed by atoms with Crippen LogP contribution in [0.3, 0.4) is 0 Å². The number of hydrogen-bond donors (Lipinski definition) is 0. The van der Waals surface area contributed by atoms with Gasteiger partial charge in [0.05, 0.1) is 6.33 Å². The Hall–Kier alpha value is -3.77. The first-order valence-electron chi connectivity index (χ1n) is 13.0. The van der Waals surface area contributed by atoms with Crippen molar-refractivity contribution < 1.29 is 33.3 Å². The lowest BCUT2D eigenvalue weighted by Crippen LogP contribution is -2.40. The minimum absolute atomic E-state index is 0.0149. The van der Waals surface area contributed by atoms with E-state index in [1.807, 2.05) is 18.2 Å². The van der Waals surface area contributed by atoms with Gasteiger partial charge in [-0.05, 0) is 30.0 Å². The molecule has 0 radical (unpaired) electrons. The highest BCUT2D eigenvalue weighted by Crippen LogP contribution is 2.38. The molecule has 12 nitrogen and oxygen atoms in total. The second-order valence-corrected chi connectivity index (χ2v) is 10.2. The molecule has 0 bridgehead atoms. The number of imidazole rings is 1. The molecule has 0 N–H and O–H groups in total. The monoisotopic (exact) mass is 571 g/mol. The number of hydrogen-bond acceptors (Lipinski definition) is 11. The molecule has 5 atom stereocenters. The van der Waals surface area contributed by atoms with Gasteiger partial charge in [0.1, 0.15) is 12.7 Å². The minimum atomic E-state index is -1.08. The zero-order valence-electron chi connectivity index (χ0n) is 22.4. The molecule has 0 spiro atoms. The van der Waals surface area contributed by atoms with Gasteiger partial charge >= 0.3 is 17.9 Å². The van der Waals surface area contributed by atoms with Crippen LogP contribution < -0.4 is 4.90 Å². The lowest BCUT2D eigenvalue weighted by molar-refractivity contribution is -0.166. The predicted octanol–water partition coefficient (Wildman–Crippen LogP) is 3.19. The van der Waals surface area contributed by atoms with Gasteiger partial charge in [-0.1, -0.05) is 30.3 Å². The Kier molecular flexibility index (Phi) is 8.17. The van der Waals surface area contributed by atoms with E-state index in [0.717, 1.165) is 25.9 Å². The van der Waals surface area contributed by atoms with Crippen molar-refractivity contribution in [1.29, 1.82) is 0 Å². The number of aromatic nitrogens is 4. The second-order valence-electron chi connectivity index (χ2n) is 9.85. The van der Waals surface area contributed by atoms with Gasteiger partial charge in [-0.2, -0.15) is 9.97 Å². The molecule has 2 aromatic heterocycles. The first-order valence-corrected chi connectivity index (χ1v) is 13.4. The highest BCUT2D eigenvalue weighted by molar-refractivity contribution is 6.28. The fraction of sp³-hybridized carbons (Fsp3) is 0.481. The Labute approximate surface area is 235 Å². The van der Waals surface area contributed by atoms with Crippen molar-refractivity contribution in [3.63, 3.8) is 0 Å². The van der Waals surface area contributed by atoms with Crippen molar-refractivity contribution in [2.45, 2.75) is 64.1 Å². The van der Waals surface area contributed by atoms with Crippen LogP contribution in [0.25, 0.3) is 11.2 Å². The summed E-state index contributed by atoms with van der Waals surface area (Å²) in [5, 5.41) is 0.0149. The van der Waals surface area contributed by atoms with Crippen LogP contribution in [0.15, 0.2) is 36.7 Å². The Morgan fingerprint density at radius 3 is 2.45 bits per heavy atom. The van der Waals surface area contributed by atoms with Crippen LogP contribution in [0.2, 0.25) is 5.28 Å². The minimum Gasteiger partial charge on any atom is -0.463 e. The highest BCUT2D eigenvalue weighted by atomic mass is 35.5. The van der Waals surface area contributed by atoms with Crippen LogP contribution >= 0.6 is 11.6 Å². The molecule has 2 aliphatic heterocycles. The van der Waals surface area contributed by atoms with Gasteiger partial charge in [0, 0.05) is 39.8 Å². The molecule has 40 heavy (non-hydrogen) atoms. The average molecular weight is 572 g/mol. The smallest absolute Gasteiger partial charge is 0.303 e. The van der Waals surface area contributed by atoms with Crippen LogP contribution in [-0.2, 0) is 33.3 Å². The molecule has 13 heteroatoms. The van der Waals surface area contributed by atoms with Crippen molar-refractivity contribution in [2.75, 3.05) is 24.6 Å². The van der Waals surface area contributed by atoms with Crippen molar-refractivity contribution >= 4 is 46.5 Å². The number of carbonyl (C=O) groups is 3. The van der Waals surface area contributed by atoms with Crippen molar-refractivity contribution in [2.24, 2.45) is 0 Å². The molecule has 1 aromatic carbocycles. The molecule has 3 aromatic rings. The van der Waals surface area contributed by atoms with E-state index < -0.39 is 42.4 Å². The summed E-state index contributed by atoms with van der Waals surface area (Å²) >= 11 is 6.42. The van der Waals surface area contributed by atoms with E-state index in [9.17, 15) is 14.4 Å². The van der Waals surface area contributed by atoms with Crippen LogP contribution in [0.4, 0.5) is 5.82 Å². The van der Waals surface area contributed by atoms with Crippen LogP contribution in [0.1, 0.15) is 51.3 Å². The van der Waals surface area contributed by atoms with Crippen LogP contribution in [0, 0.1) is 0 Å². The van der Waals surface area contributed by atoms with Gasteiger partial charge in [-0.3, -0.25) is 19.0 Å². The van der Waals surface area contributed by atoms with E-state index in [2.05, 4.69) is 32.0 Å². The van der Waals surface area contributed by atoms with E-state index in [-0.39, 0.29) is 11.9 Å². The summed E-state index contributed by atoms with van der Waals surface area (Å²) in [5.41, 5.74) is 2.11. The number of carbonyl (C=O) groups excluding carboxylic acids is 3. The normalized spacial score (nSPS) is 24.6. The lowest BCUT2D eigenvalue weighted by Gasteiger charge is -2.34. The van der Waals surface area contributed by atoms with Crippen molar-refractivity contribution in [3.8, 4) is 0 Å². The molecule has 1 unspecified atom stereocenters. The molecule has 0 aliphatic carbocycles. The van der Waals surface area contributed by atoms with Gasteiger partial charge in [-0.15, -0.1) is 0 Å². The molecule has 4 heterocycles. The number of nitrogens with zero attached hydrogens (tertiary/aromatic N) is 5. The molecule has 0 saturated carbocycles. The third kappa shape index (κ3) is 5.87. The molecular weight excluding hydrogens is 542 g/mol. The fourth-order valence-electron chi connectivity index (χ4n) is 5.37. The first kappa shape index (κ1) is 27.8. The molecule has 5 rings (SSSR count). The third-order valence-corrected chi connectivity index (χ3v) is 7.15. The summed E-state index contributed by atoms with van der Waals surface area (Å²) in [4.78, 5) is 51.2. The second kappa shape index (κ2) is 11.8. The standard InChI is InChI=1S/C27H30ClN5O7/c1-15(34)37-13-20-22(38-16(2)35)23(39-17(3)36)26(40-20)33-14-29-21-24(30-27(28)31-25(21)33)32-11-7-10-19(12-32)18-8-5-4-6-9-18/h4-6,8-9,14,19-20,22-23,26H,7,10-13H2,1-3H3/t19?,20-,22-,23-,26-/m1/s1. The summed E-state index contributed by atoms with van der Waals surface area (Å²) in [6.07, 6.45) is -0.523. The van der Waals surface area contributed by atoms with Gasteiger partial charge in [0.2, 0.25) is 5.28 Å². The van der Waals surface area contributed by atoms with E-state index in [1.165, 1.54) is 32.7 Å². The number of fused-ring (bicyclic) bond motifs is 1. The zero-order valence-corrected chi connectivity index (χ0v) is 23.1. The van der Waals surface area contributed by atoms with E-state index in [0.29, 0.717) is 22.9 Å². The maximum atomic E-state index is 12.1. The SMILES string of the molecule is CC(=O)OC[C@H]1O[C@@H](n2cnc3c(N4CCCC(c5ccccc5)C4)nc(Cl)nc32)[C@H](OC(C)=O)[C@@H]1OC(C)=O. The molecule has 2 saturated heterocycles. The maximum absolute atomic E-state index is 12.1. The number of esters is 3. The Morgan fingerprint density at radius 1 is 1.02 bits per heavy atom. The number of ether oxygens (including phenoxy) is 4. The number of halogens is 1. The number of benzene rings is 1. The Balaban J connectivity index is 1.51. The quantitative estimate of drug-likeness (QED) is 0.235. The first-order chi connectivity index (χ1) is 19.2. The van der Waals surface area contributed by atoms with Crippen LogP contribution in [0.5, 0.6) is 0 Å². The molecule has 212 valence electrons. The highest BCUT2D eigenvalue weighted by Gasteiger charge is 2.51.